The first-order valence-corrected chi connectivity index (χ1v) is 7.36. The van der Waals surface area contributed by atoms with Crippen molar-refractivity contribution in [2.24, 2.45) is 10.7 Å². The van der Waals surface area contributed by atoms with Gasteiger partial charge in [0, 0.05) is 10.9 Å². The normalized spacial score (nSPS) is 11.2. The highest BCUT2D eigenvalue weighted by Crippen LogP contribution is 2.26. The predicted molar refractivity (Wildman–Crippen MR) is 108 cm³/mol. The maximum Gasteiger partial charge on any atom is 0.193 e. The Bertz CT molecular complexity index is 858. The van der Waals surface area contributed by atoms with Crippen molar-refractivity contribution in [1.82, 2.24) is 0 Å². The SMILES string of the molecule is COc1ccccc1NC(N)=NCc1oc2ccccc2c1C.I. The van der Waals surface area contributed by atoms with Gasteiger partial charge >= 0.3 is 0 Å². The molecule has 0 aliphatic rings. The molecule has 1 aromatic heterocycles. The molecule has 1 heterocycles. The molecule has 5 nitrogen and oxygen atoms in total. The number of nitrogens with one attached hydrogen (secondary N) is 1. The summed E-state index contributed by atoms with van der Waals surface area (Å²) in [5.41, 5.74) is 8.70. The number of anilines is 1. The second-order valence-corrected chi connectivity index (χ2v) is 5.17. The number of aliphatic imine (C=N–C) groups is 1. The van der Waals surface area contributed by atoms with Crippen molar-refractivity contribution in [3.63, 3.8) is 0 Å². The van der Waals surface area contributed by atoms with Crippen LogP contribution in [0.15, 0.2) is 57.9 Å². The first kappa shape index (κ1) is 18.1. The quantitative estimate of drug-likeness (QED) is 0.363. The highest BCUT2D eigenvalue weighted by molar-refractivity contribution is 14.0. The molecule has 0 amide bonds. The molecule has 0 fully saturated rings. The lowest BCUT2D eigenvalue weighted by molar-refractivity contribution is 0.417. The van der Waals surface area contributed by atoms with E-state index in [9.17, 15) is 0 Å². The molecule has 3 N–H and O–H groups in total. The summed E-state index contributed by atoms with van der Waals surface area (Å²) in [6.07, 6.45) is 0. The Balaban J connectivity index is 0.00000208. The fraction of sp³-hybridized carbons (Fsp3) is 0.167. The van der Waals surface area contributed by atoms with E-state index in [0.29, 0.717) is 18.3 Å². The zero-order chi connectivity index (χ0) is 16.2. The van der Waals surface area contributed by atoms with E-state index < -0.39 is 0 Å². The van der Waals surface area contributed by atoms with Gasteiger partial charge in [-0.3, -0.25) is 0 Å². The molecule has 6 heteroatoms. The van der Waals surface area contributed by atoms with Gasteiger partial charge in [0.05, 0.1) is 12.8 Å². The number of guanidine groups is 1. The Kier molecular flexibility index (Phi) is 6.08. The Labute approximate surface area is 157 Å². The molecule has 0 saturated carbocycles. The van der Waals surface area contributed by atoms with Gasteiger partial charge in [0.15, 0.2) is 5.96 Å². The summed E-state index contributed by atoms with van der Waals surface area (Å²) in [6, 6.07) is 15.5. The van der Waals surface area contributed by atoms with Gasteiger partial charge in [0.2, 0.25) is 0 Å². The van der Waals surface area contributed by atoms with Gasteiger partial charge in [-0.2, -0.15) is 0 Å². The Hall–Kier alpha value is -2.22. The lowest BCUT2D eigenvalue weighted by Gasteiger charge is -2.09. The maximum atomic E-state index is 5.96. The largest absolute Gasteiger partial charge is 0.495 e. The zero-order valence-electron chi connectivity index (χ0n) is 13.6. The minimum Gasteiger partial charge on any atom is -0.495 e. The summed E-state index contributed by atoms with van der Waals surface area (Å²) in [4.78, 5) is 4.36. The molecular formula is C18H20IN3O2. The van der Waals surface area contributed by atoms with Crippen LogP contribution in [-0.4, -0.2) is 13.1 Å². The molecule has 0 aliphatic heterocycles. The van der Waals surface area contributed by atoms with E-state index in [2.05, 4.69) is 10.3 Å². The van der Waals surface area contributed by atoms with E-state index in [1.807, 2.05) is 55.5 Å². The third-order valence-electron chi connectivity index (χ3n) is 3.71. The number of rotatable bonds is 4. The third-order valence-corrected chi connectivity index (χ3v) is 3.71. The molecule has 0 bridgehead atoms. The molecule has 3 aromatic rings. The van der Waals surface area contributed by atoms with Crippen molar-refractivity contribution in [1.29, 1.82) is 0 Å². The van der Waals surface area contributed by atoms with Crippen molar-refractivity contribution in [2.45, 2.75) is 13.5 Å². The van der Waals surface area contributed by atoms with Gasteiger partial charge in [0.25, 0.3) is 0 Å². The first-order chi connectivity index (χ1) is 11.2. The fourth-order valence-electron chi connectivity index (χ4n) is 2.46. The molecule has 0 saturated heterocycles. The number of fused-ring (bicyclic) bond motifs is 1. The standard InChI is InChI=1S/C18H19N3O2.HI/c1-12-13-7-3-5-9-15(13)23-17(12)11-20-18(19)21-14-8-4-6-10-16(14)22-2;/h3-10H,11H2,1-2H3,(H3,19,20,21);1H. The van der Waals surface area contributed by atoms with E-state index in [-0.39, 0.29) is 24.0 Å². The van der Waals surface area contributed by atoms with Gasteiger partial charge < -0.3 is 20.2 Å². The van der Waals surface area contributed by atoms with Crippen LogP contribution in [0.25, 0.3) is 11.0 Å². The molecule has 24 heavy (non-hydrogen) atoms. The number of hydrogen-bond acceptors (Lipinski definition) is 3. The number of hydrogen-bond donors (Lipinski definition) is 2. The van der Waals surface area contributed by atoms with E-state index >= 15 is 0 Å². The van der Waals surface area contributed by atoms with Crippen LogP contribution in [0.3, 0.4) is 0 Å². The van der Waals surface area contributed by atoms with Crippen molar-refractivity contribution < 1.29 is 9.15 Å². The van der Waals surface area contributed by atoms with Crippen LogP contribution in [0.5, 0.6) is 5.75 Å². The average Bonchev–Trinajstić information content (AvgIpc) is 2.90. The molecule has 0 aliphatic carbocycles. The summed E-state index contributed by atoms with van der Waals surface area (Å²) in [6.45, 7) is 2.41. The van der Waals surface area contributed by atoms with Gasteiger partial charge in [-0.25, -0.2) is 4.99 Å². The van der Waals surface area contributed by atoms with Gasteiger partial charge in [0.1, 0.15) is 23.6 Å². The summed E-state index contributed by atoms with van der Waals surface area (Å²) >= 11 is 0. The number of halogens is 1. The van der Waals surface area contributed by atoms with E-state index in [1.165, 1.54) is 0 Å². The third kappa shape index (κ3) is 3.81. The van der Waals surface area contributed by atoms with Crippen LogP contribution in [0, 0.1) is 6.92 Å². The van der Waals surface area contributed by atoms with Crippen LogP contribution in [0.4, 0.5) is 5.69 Å². The molecule has 3 rings (SSSR count). The number of aryl methyl sites for hydroxylation is 1. The maximum absolute atomic E-state index is 5.96. The number of methoxy groups -OCH3 is 1. The second kappa shape index (κ2) is 8.05. The topological polar surface area (TPSA) is 72.8 Å². The van der Waals surface area contributed by atoms with Crippen LogP contribution in [0.1, 0.15) is 11.3 Å². The van der Waals surface area contributed by atoms with Crippen LogP contribution in [0.2, 0.25) is 0 Å². The van der Waals surface area contributed by atoms with Crippen LogP contribution < -0.4 is 15.8 Å². The van der Waals surface area contributed by atoms with E-state index in [1.54, 1.807) is 7.11 Å². The fourth-order valence-corrected chi connectivity index (χ4v) is 2.46. The Morgan fingerprint density at radius 2 is 1.88 bits per heavy atom. The minimum absolute atomic E-state index is 0. The smallest absolute Gasteiger partial charge is 0.193 e. The number of benzene rings is 2. The highest BCUT2D eigenvalue weighted by Gasteiger charge is 2.09. The first-order valence-electron chi connectivity index (χ1n) is 7.36. The monoisotopic (exact) mass is 437 g/mol. The highest BCUT2D eigenvalue weighted by atomic mass is 127. The summed E-state index contributed by atoms with van der Waals surface area (Å²) < 4.78 is 11.1. The van der Waals surface area contributed by atoms with Crippen LogP contribution >= 0.6 is 24.0 Å². The zero-order valence-corrected chi connectivity index (χ0v) is 15.9. The number of furan rings is 1. The van der Waals surface area contributed by atoms with Crippen molar-refractivity contribution in [3.05, 3.63) is 59.9 Å². The number of ether oxygens (including phenoxy) is 1. The summed E-state index contributed by atoms with van der Waals surface area (Å²) in [5, 5.41) is 4.15. The van der Waals surface area contributed by atoms with Crippen LogP contribution in [-0.2, 0) is 6.54 Å². The van der Waals surface area contributed by atoms with Crippen molar-refractivity contribution >= 4 is 46.6 Å². The van der Waals surface area contributed by atoms with E-state index in [4.69, 9.17) is 14.9 Å². The second-order valence-electron chi connectivity index (χ2n) is 5.17. The molecule has 0 spiro atoms. The van der Waals surface area contributed by atoms with Gasteiger partial charge in [-0.15, -0.1) is 24.0 Å². The van der Waals surface area contributed by atoms with Gasteiger partial charge in [-0.1, -0.05) is 30.3 Å². The Morgan fingerprint density at radius 1 is 1.17 bits per heavy atom. The summed E-state index contributed by atoms with van der Waals surface area (Å²) in [7, 11) is 1.62. The Morgan fingerprint density at radius 3 is 2.62 bits per heavy atom. The van der Waals surface area contributed by atoms with E-state index in [0.717, 1.165) is 28.0 Å². The predicted octanol–water partition coefficient (Wildman–Crippen LogP) is 4.29. The lowest BCUT2D eigenvalue weighted by atomic mass is 10.1. The molecule has 0 radical (unpaired) electrons. The van der Waals surface area contributed by atoms with Crippen molar-refractivity contribution in [2.75, 3.05) is 12.4 Å². The molecule has 0 atom stereocenters. The van der Waals surface area contributed by atoms with Crippen molar-refractivity contribution in [3.8, 4) is 5.75 Å². The number of para-hydroxylation sites is 3. The molecule has 0 unspecified atom stereocenters. The average molecular weight is 437 g/mol. The summed E-state index contributed by atoms with van der Waals surface area (Å²) in [5.74, 6) is 1.84. The number of nitrogens with zero attached hydrogens (tertiary/aromatic N) is 1. The van der Waals surface area contributed by atoms with Gasteiger partial charge in [-0.05, 0) is 25.1 Å². The molecular weight excluding hydrogens is 417 g/mol. The molecule has 2 aromatic carbocycles. The lowest BCUT2D eigenvalue weighted by Crippen LogP contribution is -2.22. The number of nitrogens with two attached hydrogens (primary N) is 1. The molecule has 126 valence electrons. The minimum atomic E-state index is 0.